The lowest BCUT2D eigenvalue weighted by Gasteiger charge is -2.15. The Labute approximate surface area is 217 Å². The number of esters is 1. The zero-order valence-corrected chi connectivity index (χ0v) is 20.7. The van der Waals surface area contributed by atoms with Crippen molar-refractivity contribution in [3.8, 4) is 5.75 Å². The first-order chi connectivity index (χ1) is 17.8. The van der Waals surface area contributed by atoms with Crippen molar-refractivity contribution in [2.45, 2.75) is 6.92 Å². The van der Waals surface area contributed by atoms with E-state index in [0.717, 1.165) is 4.90 Å². The van der Waals surface area contributed by atoms with Crippen LogP contribution in [0, 0.1) is 0 Å². The van der Waals surface area contributed by atoms with Gasteiger partial charge in [0.05, 0.1) is 25.0 Å². The second-order valence-electron chi connectivity index (χ2n) is 7.79. The Morgan fingerprint density at radius 3 is 2.24 bits per heavy atom. The molecule has 0 aliphatic carbocycles. The minimum Gasteiger partial charge on any atom is -0.497 e. The summed E-state index contributed by atoms with van der Waals surface area (Å²) in [6.07, 6.45) is 0. The van der Waals surface area contributed by atoms with Crippen molar-refractivity contribution in [3.63, 3.8) is 0 Å². The molecule has 0 spiro atoms. The van der Waals surface area contributed by atoms with Crippen molar-refractivity contribution < 1.29 is 28.7 Å². The van der Waals surface area contributed by atoms with Crippen molar-refractivity contribution in [1.29, 1.82) is 0 Å². The highest BCUT2D eigenvalue weighted by Gasteiger charge is 2.39. The molecule has 0 aromatic heterocycles. The number of carbonyl (C=O) groups is 4. The van der Waals surface area contributed by atoms with E-state index in [1.54, 1.807) is 56.5 Å². The largest absolute Gasteiger partial charge is 0.497 e. The van der Waals surface area contributed by atoms with Gasteiger partial charge in [0, 0.05) is 16.9 Å². The van der Waals surface area contributed by atoms with E-state index in [1.165, 1.54) is 30.3 Å². The Kier molecular flexibility index (Phi) is 7.55. The van der Waals surface area contributed by atoms with E-state index in [9.17, 15) is 19.2 Å². The molecule has 37 heavy (non-hydrogen) atoms. The third-order valence-electron chi connectivity index (χ3n) is 5.41. The van der Waals surface area contributed by atoms with Crippen LogP contribution in [0.4, 0.5) is 17.1 Å². The van der Waals surface area contributed by atoms with Crippen molar-refractivity contribution >= 4 is 52.4 Å². The van der Waals surface area contributed by atoms with Crippen molar-refractivity contribution in [3.05, 3.63) is 94.7 Å². The van der Waals surface area contributed by atoms with Gasteiger partial charge in [-0.05, 0) is 73.7 Å². The third kappa shape index (κ3) is 5.46. The van der Waals surface area contributed by atoms with E-state index in [1.807, 2.05) is 0 Å². The highest BCUT2D eigenvalue weighted by atomic mass is 35.5. The van der Waals surface area contributed by atoms with Crippen LogP contribution in [0.1, 0.15) is 27.6 Å². The molecule has 0 atom stereocenters. The van der Waals surface area contributed by atoms with Gasteiger partial charge in [0.1, 0.15) is 16.5 Å². The van der Waals surface area contributed by atoms with Gasteiger partial charge in [-0.1, -0.05) is 17.7 Å². The molecule has 3 aromatic carbocycles. The van der Waals surface area contributed by atoms with Crippen LogP contribution in [-0.4, -0.2) is 37.4 Å². The molecule has 2 N–H and O–H groups in total. The van der Waals surface area contributed by atoms with Crippen LogP contribution < -0.4 is 20.3 Å². The number of nitrogens with zero attached hydrogens (tertiary/aromatic N) is 1. The second-order valence-corrected chi connectivity index (χ2v) is 8.17. The van der Waals surface area contributed by atoms with Crippen LogP contribution >= 0.6 is 11.6 Å². The predicted molar refractivity (Wildman–Crippen MR) is 139 cm³/mol. The average molecular weight is 520 g/mol. The fourth-order valence-corrected chi connectivity index (χ4v) is 3.78. The zero-order valence-electron chi connectivity index (χ0n) is 19.9. The zero-order chi connectivity index (χ0) is 26.5. The number of ether oxygens (including phenoxy) is 2. The molecule has 0 unspecified atom stereocenters. The number of amides is 3. The third-order valence-corrected chi connectivity index (χ3v) is 5.76. The fraction of sp³-hybridized carbons (Fsp3) is 0.111. The van der Waals surface area contributed by atoms with Gasteiger partial charge >= 0.3 is 5.97 Å². The summed E-state index contributed by atoms with van der Waals surface area (Å²) in [5, 5.41) is 5.34. The predicted octanol–water partition coefficient (Wildman–Crippen LogP) is 4.56. The van der Waals surface area contributed by atoms with Crippen molar-refractivity contribution in [1.82, 2.24) is 0 Å². The number of imide groups is 1. The number of halogens is 1. The molecule has 0 saturated heterocycles. The summed E-state index contributed by atoms with van der Waals surface area (Å²) < 4.78 is 10.1. The first kappa shape index (κ1) is 25.5. The van der Waals surface area contributed by atoms with E-state index in [4.69, 9.17) is 21.1 Å². The Hall–Kier alpha value is -4.63. The standard InChI is InChI=1S/C27H22ClN3O6/c1-3-37-27(35)16-7-11-20(12-8-16)31-25(33)22(28)23(26(31)34)29-19-6-4-5-17(15-19)24(32)30-18-9-13-21(36-2)14-10-18/h4-15,29H,3H2,1-2H3,(H,30,32). The highest BCUT2D eigenvalue weighted by molar-refractivity contribution is 6.53. The number of rotatable bonds is 8. The van der Waals surface area contributed by atoms with E-state index >= 15 is 0 Å². The second kappa shape index (κ2) is 11.0. The summed E-state index contributed by atoms with van der Waals surface area (Å²) in [4.78, 5) is 51.4. The lowest BCUT2D eigenvalue weighted by molar-refractivity contribution is -0.120. The summed E-state index contributed by atoms with van der Waals surface area (Å²) in [7, 11) is 1.55. The minimum absolute atomic E-state index is 0.131. The van der Waals surface area contributed by atoms with Crippen LogP contribution in [0.3, 0.4) is 0 Å². The molecule has 0 bridgehead atoms. The maximum absolute atomic E-state index is 13.1. The van der Waals surface area contributed by atoms with E-state index in [2.05, 4.69) is 10.6 Å². The van der Waals surface area contributed by atoms with Gasteiger partial charge in [-0.3, -0.25) is 14.4 Å². The molecule has 1 heterocycles. The molecular formula is C27H22ClN3O6. The van der Waals surface area contributed by atoms with E-state index < -0.39 is 17.8 Å². The number of hydrogen-bond donors (Lipinski definition) is 2. The minimum atomic E-state index is -0.716. The van der Waals surface area contributed by atoms with Crippen molar-refractivity contribution in [2.24, 2.45) is 0 Å². The topological polar surface area (TPSA) is 114 Å². The normalized spacial score (nSPS) is 13.0. The molecule has 3 aromatic rings. The molecule has 3 amide bonds. The van der Waals surface area contributed by atoms with Gasteiger partial charge in [-0.15, -0.1) is 0 Å². The molecule has 1 aliphatic rings. The number of benzene rings is 3. The van der Waals surface area contributed by atoms with Crippen LogP contribution in [0.25, 0.3) is 0 Å². The van der Waals surface area contributed by atoms with Gasteiger partial charge in [0.25, 0.3) is 17.7 Å². The first-order valence-corrected chi connectivity index (χ1v) is 11.6. The van der Waals surface area contributed by atoms with Gasteiger partial charge < -0.3 is 20.1 Å². The fourth-order valence-electron chi connectivity index (χ4n) is 3.57. The molecule has 0 radical (unpaired) electrons. The molecule has 0 saturated carbocycles. The van der Waals surface area contributed by atoms with E-state index in [0.29, 0.717) is 22.7 Å². The van der Waals surface area contributed by atoms with Gasteiger partial charge in [0.2, 0.25) is 0 Å². The summed E-state index contributed by atoms with van der Waals surface area (Å²) in [6.45, 7) is 1.92. The number of hydrogen-bond acceptors (Lipinski definition) is 7. The summed E-state index contributed by atoms with van der Waals surface area (Å²) in [6, 6.07) is 19.1. The van der Waals surface area contributed by atoms with Gasteiger partial charge in [0.15, 0.2) is 0 Å². The summed E-state index contributed by atoms with van der Waals surface area (Å²) >= 11 is 6.22. The number of carbonyl (C=O) groups excluding carboxylic acids is 4. The van der Waals surface area contributed by atoms with Gasteiger partial charge in [-0.25, -0.2) is 9.69 Å². The molecule has 0 fully saturated rings. The van der Waals surface area contributed by atoms with Crippen molar-refractivity contribution in [2.75, 3.05) is 29.3 Å². The lowest BCUT2D eigenvalue weighted by Crippen LogP contribution is -2.32. The quantitative estimate of drug-likeness (QED) is 0.331. The maximum Gasteiger partial charge on any atom is 0.338 e. The highest BCUT2D eigenvalue weighted by Crippen LogP contribution is 2.30. The molecular weight excluding hydrogens is 498 g/mol. The monoisotopic (exact) mass is 519 g/mol. The number of anilines is 3. The Balaban J connectivity index is 1.49. The van der Waals surface area contributed by atoms with Gasteiger partial charge in [-0.2, -0.15) is 0 Å². The smallest absolute Gasteiger partial charge is 0.338 e. The molecule has 188 valence electrons. The van der Waals surface area contributed by atoms with Crippen LogP contribution in [0.5, 0.6) is 5.75 Å². The number of methoxy groups -OCH3 is 1. The lowest BCUT2D eigenvalue weighted by atomic mass is 10.1. The van der Waals surface area contributed by atoms with Crippen LogP contribution in [0.15, 0.2) is 83.5 Å². The molecule has 10 heteroatoms. The Morgan fingerprint density at radius 1 is 0.892 bits per heavy atom. The number of nitrogens with one attached hydrogen (secondary N) is 2. The Morgan fingerprint density at radius 2 is 1.59 bits per heavy atom. The van der Waals surface area contributed by atoms with E-state index in [-0.39, 0.29) is 34.5 Å². The molecule has 9 nitrogen and oxygen atoms in total. The van der Waals surface area contributed by atoms with Crippen LogP contribution in [0.2, 0.25) is 0 Å². The summed E-state index contributed by atoms with van der Waals surface area (Å²) in [5.41, 5.74) is 1.68. The molecule has 1 aliphatic heterocycles. The first-order valence-electron chi connectivity index (χ1n) is 11.2. The summed E-state index contributed by atoms with van der Waals surface area (Å²) in [5.74, 6) is -1.61. The SMILES string of the molecule is CCOC(=O)c1ccc(N2C(=O)C(Cl)=C(Nc3cccc(C(=O)Nc4ccc(OC)cc4)c3)C2=O)cc1. The maximum atomic E-state index is 13.1. The van der Waals surface area contributed by atoms with Crippen LogP contribution in [-0.2, 0) is 14.3 Å². The Bertz CT molecular complexity index is 1400. The average Bonchev–Trinajstić information content (AvgIpc) is 3.12. The molecule has 4 rings (SSSR count).